The number of carboxylic acid groups (broad SMARTS) is 1. The van der Waals surface area contributed by atoms with Gasteiger partial charge in [-0.2, -0.15) is 49.3 Å². The molecule has 0 saturated carbocycles. The number of esters is 1. The fraction of sp³-hybridized carbons (Fsp3) is 0.156. The van der Waals surface area contributed by atoms with E-state index in [0.29, 0.717) is 56.1 Å². The Bertz CT molecular complexity index is 6040. The van der Waals surface area contributed by atoms with Gasteiger partial charge in [0.1, 0.15) is 71.0 Å². The van der Waals surface area contributed by atoms with Gasteiger partial charge in [0.25, 0.3) is 23.3 Å². The first-order valence-corrected chi connectivity index (χ1v) is 35.1. The van der Waals surface area contributed by atoms with Crippen molar-refractivity contribution in [2.24, 2.45) is 9.98 Å². The molecule has 0 atom stereocenters. The monoisotopic (exact) mass is 1930 g/mol. The maximum absolute atomic E-state index is 13.8. The van der Waals surface area contributed by atoms with Gasteiger partial charge in [0.15, 0.2) is 52.8 Å². The van der Waals surface area contributed by atoms with Crippen LogP contribution in [-0.4, -0.2) is 120 Å². The molecule has 0 radical (unpaired) electrons. The molecule has 45 heteroatoms. The van der Waals surface area contributed by atoms with Crippen LogP contribution in [0.5, 0.6) is 57.5 Å². The number of carboxylic acids is 1. The van der Waals surface area contributed by atoms with Crippen LogP contribution in [0.4, 0.5) is 71.5 Å². The first kappa shape index (κ1) is 80.4. The van der Waals surface area contributed by atoms with E-state index in [1.807, 2.05) is 0 Å². The predicted molar refractivity (Wildman–Crippen MR) is 414 cm³/mol. The number of ether oxygens (including phenoxy) is 7. The number of nitrogens with one attached hydrogen (secondary N) is 3. The van der Waals surface area contributed by atoms with Gasteiger partial charge < -0.3 is 64.4 Å². The maximum Gasteiger partial charge on any atom is 0.417 e. The third kappa shape index (κ3) is 29.9. The molecule has 25 nitrogen and oxygen atoms in total. The molecule has 0 fully saturated rings. The van der Waals surface area contributed by atoms with Crippen molar-refractivity contribution < 1.29 is 164 Å². The van der Waals surface area contributed by atoms with Gasteiger partial charge in [-0.3, -0.25) is 48.3 Å². The fourth-order valence-electron chi connectivity index (χ4n) is 8.87. The van der Waals surface area contributed by atoms with E-state index >= 15 is 0 Å². The summed E-state index contributed by atoms with van der Waals surface area (Å²) in [6.07, 6.45) is -10.3. The summed E-state index contributed by atoms with van der Waals surface area (Å²) in [5.41, 5.74) is -7.15. The van der Waals surface area contributed by atoms with E-state index in [0.717, 1.165) is 79.0 Å². The normalized spacial score (nSPS) is 13.9. The number of nitrogens with zero attached hydrogens (tertiary/aromatic N) is 4. The second-order valence-corrected chi connectivity index (χ2v) is 26.0. The molecule has 0 saturated heterocycles. The second-order valence-electron chi connectivity index (χ2n) is 23.1. The number of methoxy groups -OCH3 is 4. The quantitative estimate of drug-likeness (QED) is 0.0323. The number of amides is 3. The Morgan fingerprint density at radius 2 is 0.877 bits per heavy atom. The average molecular weight is 1930 g/mol. The van der Waals surface area contributed by atoms with E-state index in [2.05, 4.69) is 81.8 Å². The van der Waals surface area contributed by atoms with Gasteiger partial charge in [-0.1, -0.05) is 34.8 Å². The van der Waals surface area contributed by atoms with Crippen molar-refractivity contribution in [3.05, 3.63) is 266 Å². The number of aliphatic carboxylic acids is 1. The number of hydrogen-bond acceptors (Lipinski definition) is 20. The van der Waals surface area contributed by atoms with Crippen molar-refractivity contribution in [3.8, 4) is 57.5 Å². The number of ketones is 2. The van der Waals surface area contributed by atoms with Crippen LogP contribution in [0.2, 0.25) is 15.1 Å². The van der Waals surface area contributed by atoms with Crippen LogP contribution in [0.1, 0.15) is 77.1 Å². The number of halogens is 20. The lowest BCUT2D eigenvalue weighted by Crippen LogP contribution is -2.27. The van der Waals surface area contributed by atoms with E-state index in [4.69, 9.17) is 80.8 Å². The van der Waals surface area contributed by atoms with E-state index in [1.165, 1.54) is 36.7 Å². The molecule has 122 heavy (non-hydrogen) atoms. The molecule has 9 aromatic rings. The van der Waals surface area contributed by atoms with Crippen LogP contribution in [0.25, 0.3) is 0 Å². The van der Waals surface area contributed by atoms with Gasteiger partial charge in [0.2, 0.25) is 0 Å². The van der Waals surface area contributed by atoms with Crippen molar-refractivity contribution >= 4 is 126 Å². The van der Waals surface area contributed by atoms with Gasteiger partial charge in [0.05, 0.1) is 138 Å². The maximum atomic E-state index is 13.8. The van der Waals surface area contributed by atoms with Crippen LogP contribution >= 0.6 is 66.7 Å². The molecule has 0 bridgehead atoms. The highest BCUT2D eigenvalue weighted by Crippen LogP contribution is 2.44. The lowest BCUT2D eigenvalue weighted by molar-refractivity contribution is -0.151. The molecule has 0 aliphatic carbocycles. The van der Waals surface area contributed by atoms with Crippen molar-refractivity contribution in [1.29, 1.82) is 0 Å². The minimum atomic E-state index is -5.02. The van der Waals surface area contributed by atoms with Gasteiger partial charge in [-0.15, -0.1) is 0 Å². The summed E-state index contributed by atoms with van der Waals surface area (Å²) in [5, 5.41) is 34.2. The Morgan fingerprint density at radius 3 is 1.32 bits per heavy atom. The molecule has 1 aromatic heterocycles. The summed E-state index contributed by atoms with van der Waals surface area (Å²) in [6.45, 7) is -0.882. The highest BCUT2D eigenvalue weighted by molar-refractivity contribution is 9.11. The van der Waals surface area contributed by atoms with Crippen LogP contribution in [0, 0.1) is 34.9 Å². The zero-order chi connectivity index (χ0) is 101. The number of aliphatic imine (C=N–C) groups is 2. The third-order valence-electron chi connectivity index (χ3n) is 14.4. The van der Waals surface area contributed by atoms with Gasteiger partial charge in [-0.05, 0) is 129 Å². The van der Waals surface area contributed by atoms with Crippen molar-refractivity contribution in [3.63, 3.8) is 0 Å². The van der Waals surface area contributed by atoms with E-state index < -0.39 is 231 Å². The number of aromatic hydroxyl groups is 2. The zero-order valence-corrected chi connectivity index (χ0v) is 65.4. The number of carbonyl (C=O) groups is 7. The lowest BCUT2D eigenvalue weighted by atomic mass is 10.1. The summed E-state index contributed by atoms with van der Waals surface area (Å²) in [6, 6.07) is 18.5. The number of alkyl halides is 9. The SMILES string of the molecule is O=C1C=C(NC(=O)c2cc(Cl)c(C(F)(F)F)cc2F)C=NC1.Oc1cc(F)ccc1Br.[2H]C([2H])([2H])Oc1cc(F)ccc1Br.[2H]C([2H])([2H])Oc1cc(F)ccc1O.[2H]C([2H])([2H])Oc1cc(F)ccc1Oc1cc(C(F)(F)F)c(Cl)cc1C(=O)NC1=CC(=O)CN=C1.[2H]C([2H])([2H])Oc1cc(F)ccc1Oc1cc(C(F)(F)F)c(Cl)cc1C(=O)Nc1cnn(COC(=O)CCC(=O)O)c(=O)c1. The van der Waals surface area contributed by atoms with Crippen molar-refractivity contribution in [1.82, 2.24) is 20.4 Å². The van der Waals surface area contributed by atoms with Gasteiger partial charge in [0, 0.05) is 61.0 Å². The number of rotatable bonds is 19. The molecule has 0 unspecified atom stereocenters. The molecule has 6 N–H and O–H groups in total. The highest BCUT2D eigenvalue weighted by atomic mass is 79.9. The molecule has 2 aliphatic rings. The Balaban J connectivity index is 0.000000267. The topological polar surface area (TPSA) is 340 Å². The van der Waals surface area contributed by atoms with Crippen LogP contribution in [0.15, 0.2) is 187 Å². The Labute approximate surface area is 725 Å². The number of hydrogen-bond donors (Lipinski definition) is 6. The van der Waals surface area contributed by atoms with Crippen LogP contribution < -0.4 is 49.9 Å². The zero-order valence-electron chi connectivity index (χ0n) is 71.9. The summed E-state index contributed by atoms with van der Waals surface area (Å²) in [7, 11) is -11.4. The van der Waals surface area contributed by atoms with Gasteiger partial charge in [-0.25, -0.2) is 26.3 Å². The number of aromatic nitrogens is 2. The molecule has 8 aromatic carbocycles. The Hall–Kier alpha value is -12.7. The van der Waals surface area contributed by atoms with Gasteiger partial charge >= 0.3 is 30.5 Å². The smallest absolute Gasteiger partial charge is 0.417 e. The number of dihydropyridines is 2. The number of carbonyl (C=O) groups excluding carboxylic acids is 6. The molecule has 3 amide bonds. The first-order chi connectivity index (χ1) is 61.8. The van der Waals surface area contributed by atoms with E-state index in [9.17, 15) is 104 Å². The molecular formula is C77H55Br2Cl3F15N7O18. The molecular weight excluding hydrogens is 1860 g/mol. The molecule has 646 valence electrons. The molecule has 2 aliphatic heterocycles. The summed E-state index contributed by atoms with van der Waals surface area (Å²) in [5.74, 6) is -15.9. The second kappa shape index (κ2) is 44.6. The molecule has 3 heterocycles. The fourth-order valence-corrected chi connectivity index (χ4v) is 10.3. The Kier molecular flexibility index (Phi) is 29.4. The summed E-state index contributed by atoms with van der Waals surface area (Å²) < 4.78 is 316. The minimum Gasteiger partial charge on any atom is -0.507 e. The Morgan fingerprint density at radius 1 is 0.475 bits per heavy atom. The number of anilines is 1. The molecule has 0 spiro atoms. The van der Waals surface area contributed by atoms with E-state index in [-0.39, 0.29) is 59.3 Å². The summed E-state index contributed by atoms with van der Waals surface area (Å²) >= 11 is 23.0. The standard InChI is InChI=1S/C24H18ClF4N3O8.C20H13ClF4N2O4.C13H7ClF4N2O2.C7H6BrFO.C7H7FO2.C6H4BrFO/c1-38-19-6-12(26)2-3-17(19)40-18-9-15(24(27,28)29)16(25)8-14(18)23(37)31-13-7-20(33)32(30-10-13)11-39-22(36)5-4-21(34)35;1-30-18-4-10(22)2-3-16(18)31-17-7-14(20(23,24)25)15(21)6-13(17)19(29)27-11-5-12(28)9-26-8-11;14-10-2-8(11(15)3-9(10)13(16,17)18)12(22)20-6-1-7(21)5-19-4-6;1-10-7-4-5(9)2-3-6(7)8;1-10-7-4-5(8)2-3-6(7)9;7-5-2-1-4(8)3-6(5)9/h2-3,6-10H,4-5,11H2,1H3,(H,31,37)(H,34,35);2-8H,9H2,1H3,(H,27,29);1-4H,5H2,(H,20,22);2-4H,1H3;2-4,9H,1H3;1-3,9H/i2*1D3;;2*1D3;. The largest absolute Gasteiger partial charge is 0.507 e. The minimum absolute atomic E-state index is 0.0108. The first-order valence-electron chi connectivity index (χ1n) is 38.3. The lowest BCUT2D eigenvalue weighted by Gasteiger charge is -2.17. The third-order valence-corrected chi connectivity index (χ3v) is 16.6. The highest BCUT2D eigenvalue weighted by Gasteiger charge is 2.38. The van der Waals surface area contributed by atoms with Crippen LogP contribution in [0.3, 0.4) is 0 Å². The average Bonchev–Trinajstić information content (AvgIpc) is 0.811. The molecule has 11 rings (SSSR count). The van der Waals surface area contributed by atoms with Crippen molar-refractivity contribution in [2.75, 3.05) is 46.6 Å². The predicted octanol–water partition coefficient (Wildman–Crippen LogP) is 18.2. The van der Waals surface area contributed by atoms with Crippen molar-refractivity contribution in [2.45, 2.75) is 38.1 Å². The number of benzene rings is 8. The number of phenolic OH excluding ortho intramolecular Hbond substituents is 2. The van der Waals surface area contributed by atoms with E-state index in [1.54, 1.807) is 0 Å². The number of allylic oxidation sites excluding steroid dienone is 2. The van der Waals surface area contributed by atoms with Crippen LogP contribution in [-0.2, 0) is 49.2 Å². The summed E-state index contributed by atoms with van der Waals surface area (Å²) in [4.78, 5) is 102. The number of phenols is 2.